The maximum Gasteiger partial charge on any atom is 0.336 e. The number of carbonyl (C=O) groups excluding carboxylic acids is 1. The molecule has 111 valence electrons. The van der Waals surface area contributed by atoms with Crippen LogP contribution in [0.3, 0.4) is 0 Å². The molecule has 0 aliphatic carbocycles. The minimum absolute atomic E-state index is 0.0917. The number of methoxy groups -OCH3 is 2. The van der Waals surface area contributed by atoms with E-state index in [1.54, 1.807) is 12.1 Å². The Hall–Kier alpha value is -3.02. The van der Waals surface area contributed by atoms with Gasteiger partial charge in [-0.25, -0.2) is 10.1 Å². The second-order valence-electron chi connectivity index (χ2n) is 4.73. The van der Waals surface area contributed by atoms with E-state index in [0.29, 0.717) is 32.7 Å². The van der Waals surface area contributed by atoms with Crippen molar-refractivity contribution in [1.29, 1.82) is 0 Å². The van der Waals surface area contributed by atoms with Gasteiger partial charge in [0.05, 0.1) is 19.8 Å². The highest BCUT2D eigenvalue weighted by molar-refractivity contribution is 6.10. The number of hydrogen-bond acceptors (Lipinski definition) is 4. The normalized spacial score (nSPS) is 12.7. The number of nitrogens with zero attached hydrogens (tertiary/aromatic N) is 1. The van der Waals surface area contributed by atoms with Crippen molar-refractivity contribution in [2.24, 2.45) is 0 Å². The number of aromatic carboxylic acids is 1. The SMILES string of the molecule is COc1cc2c(C(=O)O)cc3c(c2cc1OC)=C[N]C(=O)C=3. The van der Waals surface area contributed by atoms with Crippen LogP contribution in [0.4, 0.5) is 0 Å². The molecule has 0 saturated heterocycles. The van der Waals surface area contributed by atoms with E-state index in [1.807, 2.05) is 0 Å². The van der Waals surface area contributed by atoms with E-state index in [2.05, 4.69) is 5.32 Å². The van der Waals surface area contributed by atoms with Crippen LogP contribution in [0.25, 0.3) is 23.0 Å². The standard InChI is InChI=1S/C16H12NO5/c1-21-13-5-9-10(6-14(13)22-2)12-7-17-15(18)4-8(12)3-11(9)16(19)20/h3-7H,1-2H3,(H,19,20). The van der Waals surface area contributed by atoms with Crippen molar-refractivity contribution >= 4 is 34.9 Å². The summed E-state index contributed by atoms with van der Waals surface area (Å²) in [6.45, 7) is 0. The second-order valence-corrected chi connectivity index (χ2v) is 4.73. The number of carboxylic acid groups (broad SMARTS) is 1. The summed E-state index contributed by atoms with van der Waals surface area (Å²) in [7, 11) is 2.98. The van der Waals surface area contributed by atoms with E-state index in [9.17, 15) is 14.7 Å². The van der Waals surface area contributed by atoms with Crippen LogP contribution in [0.5, 0.6) is 11.5 Å². The third-order valence-electron chi connectivity index (χ3n) is 3.55. The molecule has 0 fully saturated rings. The fourth-order valence-corrected chi connectivity index (χ4v) is 2.53. The average Bonchev–Trinajstić information content (AvgIpc) is 2.52. The molecule has 22 heavy (non-hydrogen) atoms. The van der Waals surface area contributed by atoms with Gasteiger partial charge in [-0.2, -0.15) is 0 Å². The van der Waals surface area contributed by atoms with Gasteiger partial charge in [-0.05, 0) is 28.8 Å². The van der Waals surface area contributed by atoms with Crippen LogP contribution in [-0.2, 0) is 4.79 Å². The van der Waals surface area contributed by atoms with Gasteiger partial charge in [0.1, 0.15) is 0 Å². The summed E-state index contributed by atoms with van der Waals surface area (Å²) in [6.07, 6.45) is 2.76. The Kier molecular flexibility index (Phi) is 3.21. The second kappa shape index (κ2) is 5.07. The zero-order valence-corrected chi connectivity index (χ0v) is 11.9. The van der Waals surface area contributed by atoms with Gasteiger partial charge in [0.15, 0.2) is 11.5 Å². The number of rotatable bonds is 3. The van der Waals surface area contributed by atoms with Gasteiger partial charge >= 0.3 is 5.97 Å². The summed E-state index contributed by atoms with van der Waals surface area (Å²) >= 11 is 0. The smallest absolute Gasteiger partial charge is 0.336 e. The fraction of sp³-hybridized carbons (Fsp3) is 0.125. The molecule has 1 radical (unpaired) electrons. The topological polar surface area (TPSA) is 86.9 Å². The van der Waals surface area contributed by atoms with Gasteiger partial charge in [0, 0.05) is 22.9 Å². The molecule has 0 spiro atoms. The molecule has 1 heterocycles. The van der Waals surface area contributed by atoms with Gasteiger partial charge in [0.2, 0.25) is 0 Å². The highest BCUT2D eigenvalue weighted by atomic mass is 16.5. The van der Waals surface area contributed by atoms with Crippen LogP contribution < -0.4 is 25.2 Å². The quantitative estimate of drug-likeness (QED) is 0.876. The van der Waals surface area contributed by atoms with Gasteiger partial charge in [-0.1, -0.05) is 0 Å². The number of amides is 1. The third kappa shape index (κ3) is 2.05. The Bertz CT molecular complexity index is 930. The lowest BCUT2D eigenvalue weighted by molar-refractivity contribution is -0.114. The minimum atomic E-state index is -1.08. The molecule has 0 aromatic heterocycles. The molecule has 1 aliphatic heterocycles. The van der Waals surface area contributed by atoms with Crippen LogP contribution >= 0.6 is 0 Å². The van der Waals surface area contributed by atoms with Gasteiger partial charge < -0.3 is 14.6 Å². The summed E-state index contributed by atoms with van der Waals surface area (Å²) in [5.74, 6) is -0.581. The molecule has 1 aliphatic rings. The zero-order valence-electron chi connectivity index (χ0n) is 11.9. The molecule has 6 heteroatoms. The van der Waals surface area contributed by atoms with Gasteiger partial charge in [0.25, 0.3) is 5.91 Å². The molecule has 1 amide bonds. The molecule has 0 saturated carbocycles. The van der Waals surface area contributed by atoms with Crippen molar-refractivity contribution in [1.82, 2.24) is 5.32 Å². The number of carboxylic acids is 1. The molecule has 2 aromatic carbocycles. The molecule has 3 rings (SSSR count). The van der Waals surface area contributed by atoms with Crippen molar-refractivity contribution in [2.45, 2.75) is 0 Å². The Labute approximate surface area is 125 Å². The summed E-state index contributed by atoms with van der Waals surface area (Å²) in [4.78, 5) is 23.0. The molecule has 2 aromatic rings. The van der Waals surface area contributed by atoms with Crippen molar-refractivity contribution < 1.29 is 24.2 Å². The first-order chi connectivity index (χ1) is 10.5. The first kappa shape index (κ1) is 13.9. The van der Waals surface area contributed by atoms with Crippen LogP contribution in [0.2, 0.25) is 0 Å². The summed E-state index contributed by atoms with van der Waals surface area (Å²) in [5.41, 5.74) is 0.0917. The number of benzene rings is 2. The van der Waals surface area contributed by atoms with Gasteiger partial charge in [-0.15, -0.1) is 0 Å². The Morgan fingerprint density at radius 3 is 2.32 bits per heavy atom. The fourth-order valence-electron chi connectivity index (χ4n) is 2.53. The average molecular weight is 298 g/mol. The predicted molar refractivity (Wildman–Crippen MR) is 79.3 cm³/mol. The van der Waals surface area contributed by atoms with Crippen LogP contribution in [0, 0.1) is 0 Å². The van der Waals surface area contributed by atoms with E-state index < -0.39 is 11.9 Å². The third-order valence-corrected chi connectivity index (χ3v) is 3.55. The highest BCUT2D eigenvalue weighted by Crippen LogP contribution is 2.32. The maximum atomic E-state index is 11.5. The first-order valence-electron chi connectivity index (χ1n) is 6.44. The van der Waals surface area contributed by atoms with E-state index >= 15 is 0 Å². The lowest BCUT2D eigenvalue weighted by Gasteiger charge is -2.12. The van der Waals surface area contributed by atoms with Crippen molar-refractivity contribution in [3.8, 4) is 11.5 Å². The predicted octanol–water partition coefficient (Wildman–Crippen LogP) is 0.218. The molecule has 0 atom stereocenters. The van der Waals surface area contributed by atoms with E-state index in [4.69, 9.17) is 9.47 Å². The molecular formula is C16H12NO5. The summed E-state index contributed by atoms with van der Waals surface area (Å²) in [5, 5.41) is 15.5. The van der Waals surface area contributed by atoms with E-state index in [0.717, 1.165) is 0 Å². The van der Waals surface area contributed by atoms with E-state index in [-0.39, 0.29) is 5.56 Å². The molecule has 6 nitrogen and oxygen atoms in total. The molecular weight excluding hydrogens is 286 g/mol. The Morgan fingerprint density at radius 1 is 1.09 bits per heavy atom. The van der Waals surface area contributed by atoms with E-state index in [1.165, 1.54) is 32.6 Å². The molecule has 0 unspecified atom stereocenters. The summed E-state index contributed by atoms with van der Waals surface area (Å²) < 4.78 is 10.5. The van der Waals surface area contributed by atoms with Crippen molar-refractivity contribution in [3.63, 3.8) is 0 Å². The number of hydrogen-bond donors (Lipinski definition) is 1. The largest absolute Gasteiger partial charge is 0.493 e. The lowest BCUT2D eigenvalue weighted by Crippen LogP contribution is -2.34. The van der Waals surface area contributed by atoms with Crippen molar-refractivity contribution in [2.75, 3.05) is 14.2 Å². The lowest BCUT2D eigenvalue weighted by atomic mass is 9.99. The molecule has 0 bridgehead atoms. The highest BCUT2D eigenvalue weighted by Gasteiger charge is 2.16. The van der Waals surface area contributed by atoms with Crippen LogP contribution in [-0.4, -0.2) is 31.2 Å². The number of ether oxygens (including phenoxy) is 2. The molecule has 1 N–H and O–H groups in total. The maximum absolute atomic E-state index is 11.5. The van der Waals surface area contributed by atoms with Crippen molar-refractivity contribution in [3.05, 3.63) is 34.2 Å². The number of carbonyl (C=O) groups is 2. The number of fused-ring (bicyclic) bond motifs is 3. The zero-order chi connectivity index (χ0) is 15.9. The minimum Gasteiger partial charge on any atom is -0.493 e. The Morgan fingerprint density at radius 2 is 1.73 bits per heavy atom. The summed E-state index contributed by atoms with van der Waals surface area (Å²) in [6, 6.07) is 4.77. The Balaban J connectivity index is 2.54. The van der Waals surface area contributed by atoms with Crippen LogP contribution in [0.15, 0.2) is 18.2 Å². The first-order valence-corrected chi connectivity index (χ1v) is 6.44. The monoisotopic (exact) mass is 298 g/mol. The van der Waals surface area contributed by atoms with Gasteiger partial charge in [-0.3, -0.25) is 4.79 Å². The van der Waals surface area contributed by atoms with Crippen LogP contribution in [0.1, 0.15) is 10.4 Å².